The van der Waals surface area contributed by atoms with Crippen LogP contribution in [0.25, 0.3) is 21.8 Å². The molecule has 10 nitrogen and oxygen atoms in total. The highest BCUT2D eigenvalue weighted by Gasteiger charge is 2.22. The first kappa shape index (κ1) is 28.4. The van der Waals surface area contributed by atoms with Crippen molar-refractivity contribution in [1.29, 1.82) is 0 Å². The molecule has 1 atom stereocenters. The van der Waals surface area contributed by atoms with Gasteiger partial charge in [0.05, 0.1) is 23.4 Å². The summed E-state index contributed by atoms with van der Waals surface area (Å²) in [5, 5.41) is 24.3. The molecule has 3 N–H and O–H groups in total. The SMILES string of the molecule is CN1CCC(Oc2cc(OCC(O)CC(=O)O)cc3ncnc(Nc4ccc5c(ccn5Cc5ccccc5)c4)c23)CC1. The van der Waals surface area contributed by atoms with Crippen LogP contribution in [0.1, 0.15) is 24.8 Å². The summed E-state index contributed by atoms with van der Waals surface area (Å²) in [5.74, 6) is 0.530. The van der Waals surface area contributed by atoms with Gasteiger partial charge in [-0.15, -0.1) is 0 Å². The Balaban J connectivity index is 1.29. The molecule has 0 spiro atoms. The third-order valence-corrected chi connectivity index (χ3v) is 7.72. The number of aliphatic carboxylic acids is 1. The fraction of sp³-hybridized carbons (Fsp3) is 0.303. The monoisotopic (exact) mass is 581 g/mol. The lowest BCUT2D eigenvalue weighted by molar-refractivity contribution is -0.139. The van der Waals surface area contributed by atoms with Crippen LogP contribution in [0.4, 0.5) is 11.5 Å². The zero-order chi connectivity index (χ0) is 29.8. The van der Waals surface area contributed by atoms with E-state index in [-0.39, 0.29) is 12.7 Å². The number of benzene rings is 3. The van der Waals surface area contributed by atoms with Crippen molar-refractivity contribution in [1.82, 2.24) is 19.4 Å². The highest BCUT2D eigenvalue weighted by molar-refractivity contribution is 5.97. The molecule has 43 heavy (non-hydrogen) atoms. The molecule has 2 aromatic heterocycles. The number of fused-ring (bicyclic) bond motifs is 2. The van der Waals surface area contributed by atoms with E-state index in [1.807, 2.05) is 12.1 Å². The molecular formula is C33H35N5O5. The summed E-state index contributed by atoms with van der Waals surface area (Å²) in [6.07, 6.45) is 3.84. The number of hydrogen-bond donors (Lipinski definition) is 3. The third kappa shape index (κ3) is 6.87. The van der Waals surface area contributed by atoms with E-state index in [4.69, 9.17) is 14.6 Å². The van der Waals surface area contributed by atoms with E-state index in [0.717, 1.165) is 54.5 Å². The molecule has 5 aromatic rings. The number of anilines is 2. The quantitative estimate of drug-likeness (QED) is 0.196. The van der Waals surface area contributed by atoms with Gasteiger partial charge >= 0.3 is 5.97 Å². The zero-order valence-electron chi connectivity index (χ0n) is 24.0. The lowest BCUT2D eigenvalue weighted by Gasteiger charge is -2.30. The van der Waals surface area contributed by atoms with Crippen molar-refractivity contribution in [2.24, 2.45) is 0 Å². The lowest BCUT2D eigenvalue weighted by Crippen LogP contribution is -2.35. The summed E-state index contributed by atoms with van der Waals surface area (Å²) in [6.45, 7) is 2.51. The predicted molar refractivity (Wildman–Crippen MR) is 165 cm³/mol. The molecule has 222 valence electrons. The van der Waals surface area contributed by atoms with E-state index in [2.05, 4.69) is 80.5 Å². The molecule has 0 radical (unpaired) electrons. The van der Waals surface area contributed by atoms with Crippen LogP contribution in [0.2, 0.25) is 0 Å². The van der Waals surface area contributed by atoms with Crippen LogP contribution in [0.5, 0.6) is 11.5 Å². The average Bonchev–Trinajstić information content (AvgIpc) is 3.39. The molecule has 1 aliphatic rings. The van der Waals surface area contributed by atoms with Gasteiger partial charge in [-0.05, 0) is 49.7 Å². The van der Waals surface area contributed by atoms with E-state index in [1.165, 1.54) is 11.9 Å². The molecule has 3 aromatic carbocycles. The Morgan fingerprint density at radius 1 is 1.07 bits per heavy atom. The molecule has 3 heterocycles. The summed E-state index contributed by atoms with van der Waals surface area (Å²) in [7, 11) is 2.10. The Bertz CT molecular complexity index is 1720. The molecule has 6 rings (SSSR count). The van der Waals surface area contributed by atoms with Gasteiger partial charge < -0.3 is 34.5 Å². The summed E-state index contributed by atoms with van der Waals surface area (Å²) in [6, 6.07) is 22.3. The van der Waals surface area contributed by atoms with Crippen LogP contribution < -0.4 is 14.8 Å². The lowest BCUT2D eigenvalue weighted by atomic mass is 10.1. The molecule has 10 heteroatoms. The van der Waals surface area contributed by atoms with Gasteiger partial charge in [0.2, 0.25) is 0 Å². The number of likely N-dealkylation sites (tertiary alicyclic amines) is 1. The number of aromatic nitrogens is 3. The van der Waals surface area contributed by atoms with Crippen LogP contribution >= 0.6 is 0 Å². The Hall–Kier alpha value is -4.67. The Labute approximate surface area is 249 Å². The minimum Gasteiger partial charge on any atom is -0.491 e. The topological polar surface area (TPSA) is 122 Å². The first-order chi connectivity index (χ1) is 20.9. The molecule has 1 fully saturated rings. The number of rotatable bonds is 11. The molecule has 1 saturated heterocycles. The molecule has 0 aliphatic carbocycles. The summed E-state index contributed by atoms with van der Waals surface area (Å²) >= 11 is 0. The highest BCUT2D eigenvalue weighted by atomic mass is 16.5. The maximum Gasteiger partial charge on any atom is 0.306 e. The maximum atomic E-state index is 11.0. The van der Waals surface area contributed by atoms with Crippen molar-refractivity contribution in [3.05, 3.63) is 84.8 Å². The summed E-state index contributed by atoms with van der Waals surface area (Å²) in [4.78, 5) is 22.3. The largest absolute Gasteiger partial charge is 0.491 e. The highest BCUT2D eigenvalue weighted by Crippen LogP contribution is 2.37. The molecule has 1 unspecified atom stereocenters. The van der Waals surface area contributed by atoms with Crippen molar-refractivity contribution in [3.63, 3.8) is 0 Å². The molecular weight excluding hydrogens is 546 g/mol. The first-order valence-electron chi connectivity index (χ1n) is 14.5. The number of ether oxygens (including phenoxy) is 2. The molecule has 0 saturated carbocycles. The van der Waals surface area contributed by atoms with E-state index >= 15 is 0 Å². The van der Waals surface area contributed by atoms with Crippen LogP contribution in [-0.2, 0) is 11.3 Å². The summed E-state index contributed by atoms with van der Waals surface area (Å²) in [5.41, 5.74) is 3.87. The van der Waals surface area contributed by atoms with Crippen LogP contribution in [0.15, 0.2) is 79.3 Å². The van der Waals surface area contributed by atoms with E-state index < -0.39 is 18.5 Å². The molecule has 0 bridgehead atoms. The minimum atomic E-state index is -1.13. The van der Waals surface area contributed by atoms with E-state index in [9.17, 15) is 9.90 Å². The average molecular weight is 582 g/mol. The Morgan fingerprint density at radius 2 is 1.88 bits per heavy atom. The van der Waals surface area contributed by atoms with Gasteiger partial charge in [0.1, 0.15) is 36.4 Å². The fourth-order valence-electron chi connectivity index (χ4n) is 5.47. The standard InChI is InChI=1S/C33H35N5O5/c1-37-12-10-26(11-13-37)43-30-18-27(42-20-25(39)16-31(40)41)17-28-32(30)33(35-21-34-28)36-24-7-8-29-23(15-24)9-14-38(29)19-22-5-3-2-4-6-22/h2-9,14-15,17-18,21,25-26,39H,10-13,16,19-20H2,1H3,(H,40,41)(H,34,35,36). The fourth-order valence-corrected chi connectivity index (χ4v) is 5.47. The van der Waals surface area contributed by atoms with Crippen molar-refractivity contribution in [3.8, 4) is 11.5 Å². The minimum absolute atomic E-state index is 0.0148. The van der Waals surface area contributed by atoms with Gasteiger partial charge in [-0.1, -0.05) is 30.3 Å². The number of carbonyl (C=O) groups is 1. The second-order valence-electron chi connectivity index (χ2n) is 11.0. The van der Waals surface area contributed by atoms with Gasteiger partial charge in [0.25, 0.3) is 0 Å². The van der Waals surface area contributed by atoms with Crippen LogP contribution in [-0.4, -0.2) is 74.6 Å². The van der Waals surface area contributed by atoms with Crippen molar-refractivity contribution < 1.29 is 24.5 Å². The van der Waals surface area contributed by atoms with Crippen molar-refractivity contribution in [2.45, 2.75) is 38.0 Å². The second kappa shape index (κ2) is 12.7. The second-order valence-corrected chi connectivity index (χ2v) is 11.0. The Morgan fingerprint density at radius 3 is 2.67 bits per heavy atom. The molecule has 1 aliphatic heterocycles. The smallest absolute Gasteiger partial charge is 0.306 e. The predicted octanol–water partition coefficient (Wildman–Crippen LogP) is 5.06. The number of nitrogens with zero attached hydrogens (tertiary/aromatic N) is 4. The Kier molecular flexibility index (Phi) is 8.39. The first-order valence-corrected chi connectivity index (χ1v) is 14.5. The number of piperidine rings is 1. The van der Waals surface area contributed by atoms with Crippen LogP contribution in [0, 0.1) is 0 Å². The van der Waals surface area contributed by atoms with Gasteiger partial charge in [-0.25, -0.2) is 9.97 Å². The van der Waals surface area contributed by atoms with Gasteiger partial charge in [0.15, 0.2) is 0 Å². The van der Waals surface area contributed by atoms with E-state index in [1.54, 1.807) is 12.1 Å². The van der Waals surface area contributed by atoms with Crippen molar-refractivity contribution in [2.75, 3.05) is 32.1 Å². The molecule has 0 amide bonds. The number of carboxylic acid groups (broad SMARTS) is 1. The van der Waals surface area contributed by atoms with Crippen LogP contribution in [0.3, 0.4) is 0 Å². The zero-order valence-corrected chi connectivity index (χ0v) is 24.0. The number of aliphatic hydroxyl groups is 1. The number of carboxylic acids is 1. The van der Waals surface area contributed by atoms with Gasteiger partial charge in [-0.3, -0.25) is 4.79 Å². The van der Waals surface area contributed by atoms with Crippen molar-refractivity contribution >= 4 is 39.3 Å². The number of nitrogens with one attached hydrogen (secondary N) is 1. The normalized spacial score (nSPS) is 15.0. The number of hydrogen-bond acceptors (Lipinski definition) is 8. The third-order valence-electron chi connectivity index (χ3n) is 7.72. The van der Waals surface area contributed by atoms with E-state index in [0.29, 0.717) is 22.8 Å². The number of aliphatic hydroxyl groups excluding tert-OH is 1. The van der Waals surface area contributed by atoms with Gasteiger partial charge in [-0.2, -0.15) is 0 Å². The maximum absolute atomic E-state index is 11.0. The van der Waals surface area contributed by atoms with Gasteiger partial charge in [0, 0.05) is 54.6 Å². The summed E-state index contributed by atoms with van der Waals surface area (Å²) < 4.78 is 14.6.